The molecule has 2 bridgehead atoms. The van der Waals surface area contributed by atoms with Crippen molar-refractivity contribution < 1.29 is 19.1 Å². The number of imide groups is 1. The Morgan fingerprint density at radius 1 is 1.06 bits per heavy atom. The lowest BCUT2D eigenvalue weighted by molar-refractivity contribution is -0.160. The van der Waals surface area contributed by atoms with Gasteiger partial charge in [-0.3, -0.25) is 24.6 Å². The molecule has 0 radical (unpaired) electrons. The van der Waals surface area contributed by atoms with Crippen LogP contribution in [-0.4, -0.2) is 68.3 Å². The van der Waals surface area contributed by atoms with Crippen LogP contribution >= 0.6 is 11.6 Å². The van der Waals surface area contributed by atoms with E-state index in [1.165, 1.54) is 0 Å². The number of amides is 3. The summed E-state index contributed by atoms with van der Waals surface area (Å²) in [6, 6.07) is 5.96. The molecule has 36 heavy (non-hydrogen) atoms. The average Bonchev–Trinajstić information content (AvgIpc) is 3.37. The molecule has 1 unspecified atom stereocenters. The number of carbonyl (C=O) groups is 3. The molecule has 0 spiro atoms. The third kappa shape index (κ3) is 3.29. The van der Waals surface area contributed by atoms with Crippen LogP contribution in [-0.2, 0) is 16.1 Å². The lowest BCUT2D eigenvalue weighted by atomic mass is 9.63. The first-order chi connectivity index (χ1) is 17.4. The fraction of sp³-hybridized carbons (Fsp3) is 0.500. The van der Waals surface area contributed by atoms with E-state index in [1.54, 1.807) is 17.3 Å². The summed E-state index contributed by atoms with van der Waals surface area (Å²) in [5, 5.41) is 2.98. The van der Waals surface area contributed by atoms with Crippen molar-refractivity contribution in [3.8, 4) is 5.75 Å². The van der Waals surface area contributed by atoms with E-state index in [4.69, 9.17) is 16.3 Å². The molecule has 1 aromatic carbocycles. The molecule has 9 nitrogen and oxygen atoms in total. The van der Waals surface area contributed by atoms with E-state index >= 15 is 0 Å². The van der Waals surface area contributed by atoms with Crippen molar-refractivity contribution in [3.63, 3.8) is 0 Å². The maximum Gasteiger partial charge on any atom is 0.255 e. The lowest BCUT2D eigenvalue weighted by Crippen LogP contribution is -2.73. The number of aromatic nitrogens is 2. The fourth-order valence-electron chi connectivity index (χ4n) is 6.63. The van der Waals surface area contributed by atoms with Crippen LogP contribution in [0.2, 0.25) is 5.02 Å². The van der Waals surface area contributed by atoms with Gasteiger partial charge in [-0.05, 0) is 55.9 Å². The van der Waals surface area contributed by atoms with Crippen LogP contribution in [0.5, 0.6) is 5.75 Å². The summed E-state index contributed by atoms with van der Waals surface area (Å²) in [6.07, 6.45) is 7.42. The molecular weight excluding hydrogens is 482 g/mol. The maximum atomic E-state index is 13.2. The second-order valence-electron chi connectivity index (χ2n) is 10.7. The van der Waals surface area contributed by atoms with E-state index in [0.717, 1.165) is 49.5 Å². The molecule has 1 aromatic heterocycles. The van der Waals surface area contributed by atoms with Crippen LogP contribution in [0.25, 0.3) is 0 Å². The zero-order chi connectivity index (χ0) is 24.6. The Bertz CT molecular complexity index is 1270. The van der Waals surface area contributed by atoms with Gasteiger partial charge >= 0.3 is 0 Å². The van der Waals surface area contributed by atoms with E-state index in [9.17, 15) is 14.4 Å². The van der Waals surface area contributed by atoms with Crippen LogP contribution < -0.4 is 10.1 Å². The Labute approximate surface area is 213 Å². The first-order valence-corrected chi connectivity index (χ1v) is 13.0. The van der Waals surface area contributed by atoms with Crippen LogP contribution in [0.4, 0.5) is 0 Å². The molecular formula is C26H26ClN5O4. The minimum Gasteiger partial charge on any atom is -0.489 e. The summed E-state index contributed by atoms with van der Waals surface area (Å²) in [5.74, 6) is 1.02. The number of nitrogens with one attached hydrogen (secondary N) is 1. The standard InChI is InChI=1S/C26H26ClN5O4/c27-17-9-28-22(29-10-17)16-11-31(12-16)20-2-1-3-21(20)36-18-4-5-19-14(6-18)13-32(24(19)34)26-7-15(8-26)23(33)30-25(26)35/h4-6,9-10,15-16,20-21H,1-3,7-8,11-13H2,(H,30,33,35)/t15?,20?,21-,26?/m0/s1. The number of carbonyl (C=O) groups excluding carboxylic acids is 3. The molecule has 2 atom stereocenters. The normalized spacial score (nSPS) is 31.6. The van der Waals surface area contributed by atoms with E-state index < -0.39 is 5.54 Å². The third-order valence-electron chi connectivity index (χ3n) is 8.69. The van der Waals surface area contributed by atoms with Crippen molar-refractivity contribution in [3.05, 3.63) is 52.6 Å². The number of hydrogen-bond donors (Lipinski definition) is 1. The molecule has 8 rings (SSSR count). The highest BCUT2D eigenvalue weighted by Gasteiger charge is 2.63. The van der Waals surface area contributed by atoms with Crippen molar-refractivity contribution in [2.24, 2.45) is 5.92 Å². The smallest absolute Gasteiger partial charge is 0.255 e. The van der Waals surface area contributed by atoms with Gasteiger partial charge in [0.15, 0.2) is 0 Å². The van der Waals surface area contributed by atoms with Crippen LogP contribution in [0.1, 0.15) is 59.8 Å². The average molecular weight is 508 g/mol. The first-order valence-electron chi connectivity index (χ1n) is 12.6. The van der Waals surface area contributed by atoms with Crippen LogP contribution in [0.3, 0.4) is 0 Å². The highest BCUT2D eigenvalue weighted by molar-refractivity contribution is 6.30. The monoisotopic (exact) mass is 507 g/mol. The van der Waals surface area contributed by atoms with Crippen molar-refractivity contribution in [2.45, 2.75) is 62.3 Å². The molecule has 186 valence electrons. The molecule has 6 aliphatic rings. The third-order valence-corrected chi connectivity index (χ3v) is 8.88. The van der Waals surface area contributed by atoms with Crippen LogP contribution in [0.15, 0.2) is 30.6 Å². The molecule has 3 saturated heterocycles. The van der Waals surface area contributed by atoms with Gasteiger partial charge in [0.05, 0.1) is 5.02 Å². The molecule has 2 aliphatic carbocycles. The molecule has 2 aromatic rings. The van der Waals surface area contributed by atoms with Gasteiger partial charge in [-0.25, -0.2) is 9.97 Å². The second-order valence-corrected chi connectivity index (χ2v) is 11.2. The lowest BCUT2D eigenvalue weighted by Gasteiger charge is -2.53. The summed E-state index contributed by atoms with van der Waals surface area (Å²) >= 11 is 5.91. The van der Waals surface area contributed by atoms with Crippen molar-refractivity contribution in [2.75, 3.05) is 13.1 Å². The van der Waals surface area contributed by atoms with Gasteiger partial charge in [-0.15, -0.1) is 0 Å². The minimum atomic E-state index is -0.895. The predicted octanol–water partition coefficient (Wildman–Crippen LogP) is 2.29. The van der Waals surface area contributed by atoms with E-state index in [1.807, 2.05) is 18.2 Å². The Kier molecular flexibility index (Phi) is 4.92. The number of nitrogens with zero attached hydrogens (tertiary/aromatic N) is 4. The Morgan fingerprint density at radius 3 is 2.58 bits per heavy atom. The van der Waals surface area contributed by atoms with Crippen molar-refractivity contribution in [1.29, 1.82) is 0 Å². The molecule has 2 saturated carbocycles. The number of rotatable bonds is 5. The zero-order valence-corrected chi connectivity index (χ0v) is 20.4. The van der Waals surface area contributed by atoms with Gasteiger partial charge in [0.25, 0.3) is 11.8 Å². The first kappa shape index (κ1) is 22.2. The summed E-state index contributed by atoms with van der Waals surface area (Å²) in [5.41, 5.74) is 0.591. The van der Waals surface area contributed by atoms with Gasteiger partial charge in [0, 0.05) is 55.5 Å². The summed E-state index contributed by atoms with van der Waals surface area (Å²) in [7, 11) is 0. The summed E-state index contributed by atoms with van der Waals surface area (Å²) < 4.78 is 6.47. The molecule has 4 aliphatic heterocycles. The van der Waals surface area contributed by atoms with Gasteiger partial charge in [-0.2, -0.15) is 0 Å². The number of piperidine rings is 2. The molecule has 10 heteroatoms. The Hall–Kier alpha value is -3.04. The maximum absolute atomic E-state index is 13.2. The summed E-state index contributed by atoms with van der Waals surface area (Å²) in [6.45, 7) is 2.18. The van der Waals surface area contributed by atoms with E-state index in [0.29, 0.717) is 41.9 Å². The Balaban J connectivity index is 1.02. The number of benzene rings is 1. The number of hydrogen-bond acceptors (Lipinski definition) is 7. The molecule has 5 heterocycles. The van der Waals surface area contributed by atoms with Crippen molar-refractivity contribution in [1.82, 2.24) is 25.1 Å². The SMILES string of the molecule is O=C1NC(=O)C2(N3Cc4cc(O[C@H]5CCCC5N5CC(c6ncc(Cl)cn6)C5)ccc4C3=O)CC1C2. The van der Waals surface area contributed by atoms with Gasteiger partial charge in [-0.1, -0.05) is 11.6 Å². The zero-order valence-electron chi connectivity index (χ0n) is 19.7. The topological polar surface area (TPSA) is 105 Å². The predicted molar refractivity (Wildman–Crippen MR) is 128 cm³/mol. The second kappa shape index (κ2) is 7.98. The Morgan fingerprint density at radius 2 is 1.83 bits per heavy atom. The number of halogens is 1. The largest absolute Gasteiger partial charge is 0.489 e. The minimum absolute atomic E-state index is 0.0875. The quantitative estimate of drug-likeness (QED) is 0.619. The highest BCUT2D eigenvalue weighted by Crippen LogP contribution is 2.49. The molecule has 3 amide bonds. The van der Waals surface area contributed by atoms with E-state index in [-0.39, 0.29) is 29.7 Å². The fourth-order valence-corrected chi connectivity index (χ4v) is 6.73. The highest BCUT2D eigenvalue weighted by atomic mass is 35.5. The van der Waals surface area contributed by atoms with Gasteiger partial charge < -0.3 is 9.64 Å². The molecule has 5 fully saturated rings. The van der Waals surface area contributed by atoms with Crippen LogP contribution in [0, 0.1) is 5.92 Å². The van der Waals surface area contributed by atoms with Crippen molar-refractivity contribution >= 4 is 29.3 Å². The van der Waals surface area contributed by atoms with Gasteiger partial charge in [0.1, 0.15) is 23.2 Å². The number of likely N-dealkylation sites (tertiary alicyclic amines) is 1. The number of ether oxygens (including phenoxy) is 1. The summed E-state index contributed by atoms with van der Waals surface area (Å²) in [4.78, 5) is 50.5. The molecule has 1 N–H and O–H groups in total. The van der Waals surface area contributed by atoms with Gasteiger partial charge in [0.2, 0.25) is 5.91 Å². The van der Waals surface area contributed by atoms with E-state index in [2.05, 4.69) is 20.2 Å². The number of fused-ring (bicyclic) bond motifs is 3.